The zero-order chi connectivity index (χ0) is 12.4. The summed E-state index contributed by atoms with van der Waals surface area (Å²) in [4.78, 5) is 4.35. The highest BCUT2D eigenvalue weighted by Crippen LogP contribution is 2.35. The van der Waals surface area contributed by atoms with Crippen LogP contribution in [0.15, 0.2) is 12.3 Å². The topological polar surface area (TPSA) is 50.9 Å². The molecule has 3 N–H and O–H groups in total. The Bertz CT molecular complexity index is 389. The Labute approximate surface area is 104 Å². The molecule has 1 aliphatic rings. The van der Waals surface area contributed by atoms with Crippen LogP contribution >= 0.6 is 0 Å². The summed E-state index contributed by atoms with van der Waals surface area (Å²) < 4.78 is 0. The average Bonchev–Trinajstić information content (AvgIpc) is 2.65. The van der Waals surface area contributed by atoms with Crippen molar-refractivity contribution in [3.8, 4) is 0 Å². The molecule has 3 atom stereocenters. The largest absolute Gasteiger partial charge is 0.397 e. The number of nitrogen functional groups attached to an aromatic ring is 1. The Kier molecular flexibility index (Phi) is 3.55. The highest BCUT2D eigenvalue weighted by atomic mass is 15.0. The molecule has 1 aromatic rings. The lowest BCUT2D eigenvalue weighted by molar-refractivity contribution is 0.391. The van der Waals surface area contributed by atoms with E-state index < -0.39 is 0 Å². The van der Waals surface area contributed by atoms with Gasteiger partial charge in [0.25, 0.3) is 0 Å². The molecular weight excluding hydrogens is 210 g/mol. The Hall–Kier alpha value is -1.25. The van der Waals surface area contributed by atoms with Crippen LogP contribution in [-0.2, 0) is 0 Å². The van der Waals surface area contributed by atoms with Gasteiger partial charge in [-0.1, -0.05) is 20.3 Å². The van der Waals surface area contributed by atoms with Gasteiger partial charge in [0.05, 0.1) is 11.9 Å². The van der Waals surface area contributed by atoms with E-state index in [0.29, 0.717) is 6.04 Å². The fourth-order valence-corrected chi connectivity index (χ4v) is 2.86. The normalized spacial score (nSPS) is 28.3. The fourth-order valence-electron chi connectivity index (χ4n) is 2.86. The Morgan fingerprint density at radius 3 is 2.82 bits per heavy atom. The van der Waals surface area contributed by atoms with Crippen molar-refractivity contribution in [2.24, 2.45) is 11.8 Å². The summed E-state index contributed by atoms with van der Waals surface area (Å²) in [7, 11) is 0. The first-order valence-electron chi connectivity index (χ1n) is 6.60. The first kappa shape index (κ1) is 12.2. The van der Waals surface area contributed by atoms with Crippen LogP contribution in [0.3, 0.4) is 0 Å². The number of hydrogen-bond donors (Lipinski definition) is 2. The second-order valence-electron chi connectivity index (χ2n) is 5.28. The minimum Gasteiger partial charge on any atom is -0.397 e. The predicted molar refractivity (Wildman–Crippen MR) is 73.0 cm³/mol. The van der Waals surface area contributed by atoms with E-state index in [1.807, 2.05) is 13.0 Å². The monoisotopic (exact) mass is 233 g/mol. The molecule has 0 bridgehead atoms. The lowest BCUT2D eigenvalue weighted by atomic mass is 9.93. The third-order valence-electron chi connectivity index (χ3n) is 4.24. The molecule has 17 heavy (non-hydrogen) atoms. The van der Waals surface area contributed by atoms with E-state index in [1.54, 1.807) is 6.20 Å². The Morgan fingerprint density at radius 1 is 1.47 bits per heavy atom. The summed E-state index contributed by atoms with van der Waals surface area (Å²) in [5.41, 5.74) is 7.64. The van der Waals surface area contributed by atoms with Crippen molar-refractivity contribution < 1.29 is 0 Å². The molecule has 0 amide bonds. The number of aromatic nitrogens is 1. The summed E-state index contributed by atoms with van der Waals surface area (Å²) in [6.45, 7) is 6.66. The highest BCUT2D eigenvalue weighted by molar-refractivity contribution is 5.51. The molecule has 1 aromatic heterocycles. The van der Waals surface area contributed by atoms with Crippen LogP contribution in [0.5, 0.6) is 0 Å². The van der Waals surface area contributed by atoms with E-state index in [1.165, 1.54) is 19.3 Å². The molecule has 2 rings (SSSR count). The van der Waals surface area contributed by atoms with Crippen molar-refractivity contribution in [3.63, 3.8) is 0 Å². The number of anilines is 2. The van der Waals surface area contributed by atoms with Gasteiger partial charge in [0, 0.05) is 6.04 Å². The number of nitrogens with two attached hydrogens (primary N) is 1. The van der Waals surface area contributed by atoms with Gasteiger partial charge in [-0.3, -0.25) is 0 Å². The summed E-state index contributed by atoms with van der Waals surface area (Å²) in [5, 5.41) is 3.56. The van der Waals surface area contributed by atoms with Gasteiger partial charge in [-0.15, -0.1) is 0 Å². The van der Waals surface area contributed by atoms with E-state index in [0.717, 1.165) is 28.9 Å². The summed E-state index contributed by atoms with van der Waals surface area (Å²) in [5.74, 6) is 2.56. The quantitative estimate of drug-likeness (QED) is 0.843. The highest BCUT2D eigenvalue weighted by Gasteiger charge is 2.31. The SMILES string of the molecule is CCC1CCC(Nc2cc(C)c(N)cn2)C1C. The maximum absolute atomic E-state index is 5.78. The second kappa shape index (κ2) is 4.94. The number of hydrogen-bond acceptors (Lipinski definition) is 3. The smallest absolute Gasteiger partial charge is 0.126 e. The first-order valence-corrected chi connectivity index (χ1v) is 6.60. The van der Waals surface area contributed by atoms with E-state index in [4.69, 9.17) is 5.73 Å². The van der Waals surface area contributed by atoms with E-state index in [9.17, 15) is 0 Å². The molecule has 0 aliphatic heterocycles. The number of rotatable bonds is 3. The Morgan fingerprint density at radius 2 is 2.24 bits per heavy atom. The number of nitrogens with zero attached hydrogens (tertiary/aromatic N) is 1. The maximum Gasteiger partial charge on any atom is 0.126 e. The van der Waals surface area contributed by atoms with Gasteiger partial charge in [-0.05, 0) is 43.2 Å². The van der Waals surface area contributed by atoms with Gasteiger partial charge in [0.2, 0.25) is 0 Å². The molecule has 0 aromatic carbocycles. The van der Waals surface area contributed by atoms with Gasteiger partial charge >= 0.3 is 0 Å². The third-order valence-corrected chi connectivity index (χ3v) is 4.24. The van der Waals surface area contributed by atoms with Crippen molar-refractivity contribution in [2.45, 2.75) is 46.1 Å². The summed E-state index contributed by atoms with van der Waals surface area (Å²) in [6, 6.07) is 2.61. The molecule has 0 radical (unpaired) electrons. The molecule has 0 spiro atoms. The van der Waals surface area contributed by atoms with E-state index >= 15 is 0 Å². The van der Waals surface area contributed by atoms with Gasteiger partial charge in [-0.25, -0.2) is 4.98 Å². The van der Waals surface area contributed by atoms with Crippen molar-refractivity contribution >= 4 is 11.5 Å². The molecule has 1 fully saturated rings. The van der Waals surface area contributed by atoms with Crippen LogP contribution in [0.4, 0.5) is 11.5 Å². The minimum atomic E-state index is 0.565. The lowest BCUT2D eigenvalue weighted by Gasteiger charge is -2.21. The minimum absolute atomic E-state index is 0.565. The van der Waals surface area contributed by atoms with Crippen LogP contribution in [0, 0.1) is 18.8 Å². The van der Waals surface area contributed by atoms with Crippen molar-refractivity contribution in [3.05, 3.63) is 17.8 Å². The van der Waals surface area contributed by atoms with E-state index in [2.05, 4.69) is 24.1 Å². The zero-order valence-electron chi connectivity index (χ0n) is 11.0. The van der Waals surface area contributed by atoms with Crippen LogP contribution in [0.2, 0.25) is 0 Å². The molecule has 3 heteroatoms. The van der Waals surface area contributed by atoms with Gasteiger partial charge in [0.1, 0.15) is 5.82 Å². The summed E-state index contributed by atoms with van der Waals surface area (Å²) in [6.07, 6.45) is 5.62. The molecule has 1 heterocycles. The molecule has 0 saturated heterocycles. The number of aryl methyl sites for hydroxylation is 1. The number of nitrogens with one attached hydrogen (secondary N) is 1. The van der Waals surface area contributed by atoms with Crippen LogP contribution in [0.1, 0.15) is 38.7 Å². The van der Waals surface area contributed by atoms with Crippen LogP contribution < -0.4 is 11.1 Å². The van der Waals surface area contributed by atoms with E-state index in [-0.39, 0.29) is 0 Å². The average molecular weight is 233 g/mol. The molecule has 1 saturated carbocycles. The standard InChI is InChI=1S/C14H23N3/c1-4-11-5-6-13(10(11)3)17-14-7-9(2)12(15)8-16-14/h7-8,10-11,13H,4-6,15H2,1-3H3,(H,16,17). The predicted octanol–water partition coefficient (Wildman–Crippen LogP) is 3.21. The van der Waals surface area contributed by atoms with Crippen LogP contribution in [-0.4, -0.2) is 11.0 Å². The van der Waals surface area contributed by atoms with Crippen LogP contribution in [0.25, 0.3) is 0 Å². The van der Waals surface area contributed by atoms with Gasteiger partial charge < -0.3 is 11.1 Å². The molecule has 3 nitrogen and oxygen atoms in total. The van der Waals surface area contributed by atoms with Gasteiger partial charge in [0.15, 0.2) is 0 Å². The lowest BCUT2D eigenvalue weighted by Crippen LogP contribution is -2.25. The summed E-state index contributed by atoms with van der Waals surface area (Å²) >= 11 is 0. The maximum atomic E-state index is 5.78. The van der Waals surface area contributed by atoms with Crippen molar-refractivity contribution in [2.75, 3.05) is 11.1 Å². The third kappa shape index (κ3) is 2.54. The molecule has 94 valence electrons. The second-order valence-corrected chi connectivity index (χ2v) is 5.28. The zero-order valence-corrected chi connectivity index (χ0v) is 11.0. The first-order chi connectivity index (χ1) is 8.11. The fraction of sp³-hybridized carbons (Fsp3) is 0.643. The van der Waals surface area contributed by atoms with Crippen molar-refractivity contribution in [1.29, 1.82) is 0 Å². The van der Waals surface area contributed by atoms with Gasteiger partial charge in [-0.2, -0.15) is 0 Å². The number of pyridine rings is 1. The molecule has 3 unspecified atom stereocenters. The molecular formula is C14H23N3. The Balaban J connectivity index is 2.04. The molecule has 1 aliphatic carbocycles. The van der Waals surface area contributed by atoms with Crippen molar-refractivity contribution in [1.82, 2.24) is 4.98 Å².